The van der Waals surface area contributed by atoms with E-state index in [9.17, 15) is 0 Å². The van der Waals surface area contributed by atoms with Gasteiger partial charge in [0.15, 0.2) is 0 Å². The van der Waals surface area contributed by atoms with E-state index in [0.29, 0.717) is 0 Å². The molecule has 1 aliphatic rings. The summed E-state index contributed by atoms with van der Waals surface area (Å²) >= 11 is 1.65. The minimum atomic E-state index is 0.730. The van der Waals surface area contributed by atoms with E-state index < -0.39 is 0 Å². The summed E-state index contributed by atoms with van der Waals surface area (Å²) in [6.45, 7) is 3.03. The predicted molar refractivity (Wildman–Crippen MR) is 86.0 cm³/mol. The number of hydrogen-bond acceptors (Lipinski definition) is 4. The first-order valence-electron chi connectivity index (χ1n) is 7.26. The van der Waals surface area contributed by atoms with Crippen LogP contribution in [0.4, 0.5) is 0 Å². The molecule has 1 aromatic heterocycles. The van der Waals surface area contributed by atoms with Gasteiger partial charge in [-0.1, -0.05) is 30.0 Å². The summed E-state index contributed by atoms with van der Waals surface area (Å²) in [5.74, 6) is 0.892. The Balaban J connectivity index is 1.72. The van der Waals surface area contributed by atoms with Gasteiger partial charge in [0, 0.05) is 18.8 Å². The molecule has 2 aromatic rings. The molecule has 0 saturated heterocycles. The van der Waals surface area contributed by atoms with Crippen molar-refractivity contribution in [1.82, 2.24) is 10.3 Å². The number of pyridine rings is 1. The van der Waals surface area contributed by atoms with Crippen LogP contribution in [0.25, 0.3) is 0 Å². The Bertz CT molecular complexity index is 626. The summed E-state index contributed by atoms with van der Waals surface area (Å²) < 4.78 is 5.39. The Morgan fingerprint density at radius 2 is 2.14 bits per heavy atom. The minimum Gasteiger partial charge on any atom is -0.496 e. The van der Waals surface area contributed by atoms with Gasteiger partial charge in [0.05, 0.1) is 12.0 Å². The maximum atomic E-state index is 5.39. The van der Waals surface area contributed by atoms with Crippen molar-refractivity contribution in [3.8, 4) is 5.75 Å². The molecule has 0 amide bonds. The highest BCUT2D eigenvalue weighted by Crippen LogP contribution is 2.35. The number of aromatic nitrogens is 1. The molecule has 4 heteroatoms. The van der Waals surface area contributed by atoms with Crippen molar-refractivity contribution in [2.75, 3.05) is 7.11 Å². The summed E-state index contributed by atoms with van der Waals surface area (Å²) in [6.07, 6.45) is 4.60. The summed E-state index contributed by atoms with van der Waals surface area (Å²) in [5.41, 5.74) is 2.46. The first-order valence-corrected chi connectivity index (χ1v) is 8.07. The smallest absolute Gasteiger partial charge is 0.132 e. The van der Waals surface area contributed by atoms with Crippen LogP contribution in [0.3, 0.4) is 0 Å². The lowest BCUT2D eigenvalue weighted by Gasteiger charge is -2.10. The predicted octanol–water partition coefficient (Wildman–Crippen LogP) is 3.80. The Morgan fingerprint density at radius 1 is 1.33 bits per heavy atom. The van der Waals surface area contributed by atoms with Gasteiger partial charge in [-0.2, -0.15) is 0 Å². The number of nitrogens with zero attached hydrogens (tertiary/aromatic N) is 1. The topological polar surface area (TPSA) is 34.1 Å². The molecule has 0 bridgehead atoms. The van der Waals surface area contributed by atoms with Crippen molar-refractivity contribution < 1.29 is 4.74 Å². The van der Waals surface area contributed by atoms with Gasteiger partial charge < -0.3 is 10.1 Å². The Morgan fingerprint density at radius 3 is 2.86 bits per heavy atom. The molecule has 3 nitrogen and oxygen atoms in total. The van der Waals surface area contributed by atoms with Gasteiger partial charge in [0.1, 0.15) is 10.8 Å². The number of rotatable bonds is 6. The molecule has 0 atom stereocenters. The third kappa shape index (κ3) is 3.77. The number of aryl methyl sites for hydroxylation is 1. The van der Waals surface area contributed by atoms with Crippen LogP contribution in [-0.2, 0) is 6.54 Å². The molecule has 3 rings (SSSR count). The third-order valence-corrected chi connectivity index (χ3v) is 4.71. The largest absolute Gasteiger partial charge is 0.496 e. The van der Waals surface area contributed by atoms with Gasteiger partial charge in [-0.3, -0.25) is 0 Å². The zero-order valence-electron chi connectivity index (χ0n) is 12.4. The third-order valence-electron chi connectivity index (χ3n) is 3.53. The van der Waals surface area contributed by atoms with Crippen LogP contribution in [0.2, 0.25) is 0 Å². The van der Waals surface area contributed by atoms with E-state index in [4.69, 9.17) is 4.74 Å². The molecule has 1 heterocycles. The zero-order chi connectivity index (χ0) is 14.7. The molecule has 1 fully saturated rings. The van der Waals surface area contributed by atoms with Crippen LogP contribution in [0.5, 0.6) is 5.75 Å². The van der Waals surface area contributed by atoms with Gasteiger partial charge in [-0.25, -0.2) is 4.98 Å². The quantitative estimate of drug-likeness (QED) is 0.880. The van der Waals surface area contributed by atoms with Crippen LogP contribution in [0.1, 0.15) is 24.0 Å². The van der Waals surface area contributed by atoms with Gasteiger partial charge in [-0.05, 0) is 43.0 Å². The maximum absolute atomic E-state index is 5.39. The Hall–Kier alpha value is -1.52. The SMILES string of the molecule is COc1ccccc1Sc1ncc(CNC2CC2)cc1C. The van der Waals surface area contributed by atoms with Crippen LogP contribution in [-0.4, -0.2) is 18.1 Å². The van der Waals surface area contributed by atoms with E-state index in [1.807, 2.05) is 24.4 Å². The normalized spacial score (nSPS) is 14.2. The highest BCUT2D eigenvalue weighted by molar-refractivity contribution is 7.99. The van der Waals surface area contributed by atoms with Crippen molar-refractivity contribution in [1.29, 1.82) is 0 Å². The minimum absolute atomic E-state index is 0.730. The monoisotopic (exact) mass is 300 g/mol. The standard InChI is InChI=1S/C17H20N2OS/c1-12-9-13(10-18-14-7-8-14)11-19-17(12)21-16-6-4-3-5-15(16)20-2/h3-6,9,11,14,18H,7-8,10H2,1-2H3. The van der Waals surface area contributed by atoms with Gasteiger partial charge in [0.25, 0.3) is 0 Å². The zero-order valence-corrected chi connectivity index (χ0v) is 13.2. The van der Waals surface area contributed by atoms with E-state index in [1.54, 1.807) is 18.9 Å². The lowest BCUT2D eigenvalue weighted by molar-refractivity contribution is 0.405. The number of nitrogens with one attached hydrogen (secondary N) is 1. The molecular formula is C17H20N2OS. The fourth-order valence-electron chi connectivity index (χ4n) is 2.18. The molecule has 21 heavy (non-hydrogen) atoms. The average molecular weight is 300 g/mol. The van der Waals surface area contributed by atoms with Crippen LogP contribution in [0.15, 0.2) is 46.5 Å². The highest BCUT2D eigenvalue weighted by Gasteiger charge is 2.20. The van der Waals surface area contributed by atoms with Gasteiger partial charge in [-0.15, -0.1) is 0 Å². The Labute approximate surface area is 130 Å². The summed E-state index contributed by atoms with van der Waals surface area (Å²) in [4.78, 5) is 5.71. The van der Waals surface area contributed by atoms with E-state index in [2.05, 4.69) is 29.4 Å². The molecule has 1 aliphatic carbocycles. The lowest BCUT2D eigenvalue weighted by atomic mass is 10.2. The summed E-state index contributed by atoms with van der Waals surface area (Å²) in [7, 11) is 1.70. The van der Waals surface area contributed by atoms with Crippen LogP contribution < -0.4 is 10.1 Å². The van der Waals surface area contributed by atoms with Crippen molar-refractivity contribution in [2.24, 2.45) is 0 Å². The maximum Gasteiger partial charge on any atom is 0.132 e. The fourth-order valence-corrected chi connectivity index (χ4v) is 3.11. The van der Waals surface area contributed by atoms with Crippen molar-refractivity contribution in [3.63, 3.8) is 0 Å². The fraction of sp³-hybridized carbons (Fsp3) is 0.353. The van der Waals surface area contributed by atoms with Crippen LogP contribution in [0, 0.1) is 6.92 Å². The molecule has 0 radical (unpaired) electrons. The molecule has 0 unspecified atom stereocenters. The Kier molecular flexibility index (Phi) is 4.46. The van der Waals surface area contributed by atoms with Gasteiger partial charge in [0.2, 0.25) is 0 Å². The first-order chi connectivity index (χ1) is 10.3. The van der Waals surface area contributed by atoms with Crippen molar-refractivity contribution in [2.45, 2.75) is 42.3 Å². The van der Waals surface area contributed by atoms with E-state index in [0.717, 1.165) is 28.3 Å². The lowest BCUT2D eigenvalue weighted by Crippen LogP contribution is -2.15. The van der Waals surface area contributed by atoms with Crippen molar-refractivity contribution >= 4 is 11.8 Å². The van der Waals surface area contributed by atoms with E-state index in [1.165, 1.54) is 24.0 Å². The number of hydrogen-bond donors (Lipinski definition) is 1. The molecule has 0 spiro atoms. The average Bonchev–Trinajstić information content (AvgIpc) is 3.32. The number of ether oxygens (including phenoxy) is 1. The molecule has 110 valence electrons. The molecule has 1 saturated carbocycles. The molecule has 1 N–H and O–H groups in total. The highest BCUT2D eigenvalue weighted by atomic mass is 32.2. The second-order valence-corrected chi connectivity index (χ2v) is 6.40. The van der Waals surface area contributed by atoms with Crippen LogP contribution >= 0.6 is 11.8 Å². The van der Waals surface area contributed by atoms with Gasteiger partial charge >= 0.3 is 0 Å². The molecule has 0 aliphatic heterocycles. The second-order valence-electron chi connectivity index (χ2n) is 5.37. The first kappa shape index (κ1) is 14.4. The second kappa shape index (κ2) is 6.50. The molecule has 1 aromatic carbocycles. The van der Waals surface area contributed by atoms with E-state index >= 15 is 0 Å². The van der Waals surface area contributed by atoms with E-state index in [-0.39, 0.29) is 0 Å². The summed E-state index contributed by atoms with van der Waals surface area (Å²) in [5, 5.41) is 4.56. The number of para-hydroxylation sites is 1. The molecular weight excluding hydrogens is 280 g/mol. The number of benzene rings is 1. The number of methoxy groups -OCH3 is 1. The van der Waals surface area contributed by atoms with Crippen molar-refractivity contribution in [3.05, 3.63) is 47.7 Å². The summed E-state index contributed by atoms with van der Waals surface area (Å²) in [6, 6.07) is 11.0.